The number of likely N-dealkylation sites (tertiary alicyclic amines) is 1. The molecule has 1 aliphatic heterocycles. The highest BCUT2D eigenvalue weighted by atomic mass is 35.5. The molecule has 0 aromatic carbocycles. The predicted octanol–water partition coefficient (Wildman–Crippen LogP) is 3.76. The lowest BCUT2D eigenvalue weighted by atomic mass is 9.92. The molecule has 1 amide bonds. The number of amides is 1. The molecule has 3 heterocycles. The van der Waals surface area contributed by atoms with Gasteiger partial charge in [-0.2, -0.15) is 5.10 Å². The lowest BCUT2D eigenvalue weighted by Gasteiger charge is -2.23. The van der Waals surface area contributed by atoms with E-state index in [1.807, 2.05) is 6.92 Å². The molecule has 2 aromatic heterocycles. The molecule has 3 rings (SSSR count). The van der Waals surface area contributed by atoms with Gasteiger partial charge < -0.3 is 14.7 Å². The van der Waals surface area contributed by atoms with Crippen LogP contribution >= 0.6 is 11.6 Å². The van der Waals surface area contributed by atoms with Gasteiger partial charge in [0.25, 0.3) is 5.91 Å². The minimum absolute atomic E-state index is 0.111. The molecule has 1 aliphatic rings. The first-order valence-electron chi connectivity index (χ1n) is 9.91. The molecule has 28 heavy (non-hydrogen) atoms. The number of aryl methyl sites for hydroxylation is 2. The molecule has 1 N–H and O–H groups in total. The number of carbonyl (C=O) groups excluding carboxylic acids is 1. The van der Waals surface area contributed by atoms with E-state index in [1.165, 1.54) is 0 Å². The molecule has 0 radical (unpaired) electrons. The molecule has 0 bridgehead atoms. The maximum atomic E-state index is 13.0. The van der Waals surface area contributed by atoms with E-state index in [-0.39, 0.29) is 11.9 Å². The van der Waals surface area contributed by atoms with E-state index in [2.05, 4.69) is 41.2 Å². The number of hydrogen-bond acceptors (Lipinski definition) is 5. The van der Waals surface area contributed by atoms with Gasteiger partial charge in [0.1, 0.15) is 27.9 Å². The van der Waals surface area contributed by atoms with Crippen molar-refractivity contribution in [2.24, 2.45) is 5.41 Å². The Labute approximate surface area is 171 Å². The van der Waals surface area contributed by atoms with E-state index < -0.39 is 0 Å². The number of carbonyl (C=O) groups is 1. The molecular formula is C20H30ClN5O2. The van der Waals surface area contributed by atoms with Crippen LogP contribution < -0.4 is 5.32 Å². The number of nitrogens with one attached hydrogen (secondary N) is 1. The SMILES string of the molecule is CCn1nc(-c2cc(C)on2)c(C(=O)N[C@@H]2CCN(CCC(C)(C)C)C2)c1Cl. The lowest BCUT2D eigenvalue weighted by Crippen LogP contribution is -2.37. The fourth-order valence-electron chi connectivity index (χ4n) is 3.41. The van der Waals surface area contributed by atoms with Gasteiger partial charge in [-0.25, -0.2) is 0 Å². The molecule has 1 fully saturated rings. The van der Waals surface area contributed by atoms with Crippen LogP contribution in [-0.2, 0) is 6.54 Å². The van der Waals surface area contributed by atoms with Gasteiger partial charge in [-0.1, -0.05) is 37.5 Å². The highest BCUT2D eigenvalue weighted by Crippen LogP contribution is 2.29. The van der Waals surface area contributed by atoms with Gasteiger partial charge in [0, 0.05) is 31.7 Å². The number of aromatic nitrogens is 3. The monoisotopic (exact) mass is 407 g/mol. The second-order valence-corrected chi connectivity index (χ2v) is 9.08. The molecule has 154 valence electrons. The molecule has 1 atom stereocenters. The van der Waals surface area contributed by atoms with Crippen LogP contribution in [0, 0.1) is 12.3 Å². The Morgan fingerprint density at radius 3 is 2.79 bits per heavy atom. The molecule has 1 saturated heterocycles. The van der Waals surface area contributed by atoms with E-state index >= 15 is 0 Å². The second-order valence-electron chi connectivity index (χ2n) is 8.72. The normalized spacial score (nSPS) is 18.0. The quantitative estimate of drug-likeness (QED) is 0.788. The minimum Gasteiger partial charge on any atom is -0.361 e. The summed E-state index contributed by atoms with van der Waals surface area (Å²) in [5.74, 6) is 0.455. The zero-order valence-electron chi connectivity index (χ0n) is 17.4. The van der Waals surface area contributed by atoms with Crippen LogP contribution in [0.2, 0.25) is 5.15 Å². The van der Waals surface area contributed by atoms with E-state index in [1.54, 1.807) is 17.7 Å². The summed E-state index contributed by atoms with van der Waals surface area (Å²) in [4.78, 5) is 15.5. The van der Waals surface area contributed by atoms with Crippen molar-refractivity contribution in [2.45, 2.75) is 60.0 Å². The second kappa shape index (κ2) is 8.25. The third-order valence-corrected chi connectivity index (χ3v) is 5.46. The van der Waals surface area contributed by atoms with Crippen LogP contribution in [0.5, 0.6) is 0 Å². The van der Waals surface area contributed by atoms with Crippen molar-refractivity contribution in [2.75, 3.05) is 19.6 Å². The van der Waals surface area contributed by atoms with Crippen LogP contribution in [0.4, 0.5) is 0 Å². The minimum atomic E-state index is -0.206. The van der Waals surface area contributed by atoms with Crippen LogP contribution in [-0.4, -0.2) is 51.4 Å². The topological polar surface area (TPSA) is 76.2 Å². The van der Waals surface area contributed by atoms with Crippen LogP contribution in [0.15, 0.2) is 10.6 Å². The zero-order chi connectivity index (χ0) is 20.5. The van der Waals surface area contributed by atoms with Crippen molar-refractivity contribution in [3.8, 4) is 11.4 Å². The largest absolute Gasteiger partial charge is 0.361 e. The number of hydrogen-bond donors (Lipinski definition) is 1. The van der Waals surface area contributed by atoms with Gasteiger partial charge in [-0.3, -0.25) is 9.48 Å². The maximum Gasteiger partial charge on any atom is 0.257 e. The van der Waals surface area contributed by atoms with Crippen molar-refractivity contribution >= 4 is 17.5 Å². The lowest BCUT2D eigenvalue weighted by molar-refractivity contribution is 0.0938. The predicted molar refractivity (Wildman–Crippen MR) is 110 cm³/mol. The standard InChI is InChI=1S/C20H30ClN5O2/c1-6-26-18(21)16(17(23-26)15-11-13(2)28-24-15)19(27)22-14-7-9-25(12-14)10-8-20(3,4)5/h11,14H,6-10,12H2,1-5H3,(H,22,27)/t14-/m1/s1. The van der Waals surface area contributed by atoms with Crippen molar-refractivity contribution in [1.29, 1.82) is 0 Å². The summed E-state index contributed by atoms with van der Waals surface area (Å²) in [5, 5.41) is 12.0. The van der Waals surface area contributed by atoms with Gasteiger partial charge in [-0.05, 0) is 38.6 Å². The maximum absolute atomic E-state index is 13.0. The molecule has 8 heteroatoms. The zero-order valence-corrected chi connectivity index (χ0v) is 18.1. The average Bonchev–Trinajstić information content (AvgIpc) is 3.31. The first kappa shape index (κ1) is 20.9. The summed E-state index contributed by atoms with van der Waals surface area (Å²) in [6, 6.07) is 1.87. The van der Waals surface area contributed by atoms with Gasteiger partial charge in [0.05, 0.1) is 0 Å². The summed E-state index contributed by atoms with van der Waals surface area (Å²) in [7, 11) is 0. The molecule has 7 nitrogen and oxygen atoms in total. The average molecular weight is 408 g/mol. The highest BCUT2D eigenvalue weighted by molar-refractivity contribution is 6.33. The fraction of sp³-hybridized carbons (Fsp3) is 0.650. The summed E-state index contributed by atoms with van der Waals surface area (Å²) in [5.41, 5.74) is 1.66. The van der Waals surface area contributed by atoms with Gasteiger partial charge >= 0.3 is 0 Å². The third-order valence-electron chi connectivity index (χ3n) is 5.07. The van der Waals surface area contributed by atoms with Crippen molar-refractivity contribution in [1.82, 2.24) is 25.2 Å². The molecule has 0 aliphatic carbocycles. The van der Waals surface area contributed by atoms with Crippen molar-refractivity contribution < 1.29 is 9.32 Å². The molecule has 2 aromatic rings. The van der Waals surface area contributed by atoms with Crippen LogP contribution in [0.1, 0.15) is 56.7 Å². The first-order chi connectivity index (χ1) is 13.2. The molecular weight excluding hydrogens is 378 g/mol. The smallest absolute Gasteiger partial charge is 0.257 e. The Bertz CT molecular complexity index is 836. The summed E-state index contributed by atoms with van der Waals surface area (Å²) in [6.45, 7) is 14.0. The van der Waals surface area contributed by atoms with Gasteiger partial charge in [0.15, 0.2) is 0 Å². The van der Waals surface area contributed by atoms with E-state index in [9.17, 15) is 4.79 Å². The molecule has 0 spiro atoms. The van der Waals surface area contributed by atoms with Crippen LogP contribution in [0.25, 0.3) is 11.4 Å². The van der Waals surface area contributed by atoms with Crippen LogP contribution in [0.3, 0.4) is 0 Å². The van der Waals surface area contributed by atoms with E-state index in [0.29, 0.717) is 39.8 Å². The summed E-state index contributed by atoms with van der Waals surface area (Å²) < 4.78 is 6.77. The Hall–Kier alpha value is -1.86. The Balaban J connectivity index is 1.72. The molecule has 0 unspecified atom stereocenters. The Morgan fingerprint density at radius 1 is 1.43 bits per heavy atom. The van der Waals surface area contributed by atoms with Gasteiger partial charge in [-0.15, -0.1) is 0 Å². The van der Waals surface area contributed by atoms with Crippen molar-refractivity contribution in [3.63, 3.8) is 0 Å². The number of nitrogens with zero attached hydrogens (tertiary/aromatic N) is 4. The summed E-state index contributed by atoms with van der Waals surface area (Å²) in [6.07, 6.45) is 2.08. The van der Waals surface area contributed by atoms with E-state index in [0.717, 1.165) is 32.5 Å². The van der Waals surface area contributed by atoms with E-state index in [4.69, 9.17) is 16.1 Å². The first-order valence-corrected chi connectivity index (χ1v) is 10.3. The Kier molecular flexibility index (Phi) is 6.15. The van der Waals surface area contributed by atoms with Gasteiger partial charge in [0.2, 0.25) is 0 Å². The number of rotatable bonds is 6. The fourth-order valence-corrected chi connectivity index (χ4v) is 3.75. The summed E-state index contributed by atoms with van der Waals surface area (Å²) >= 11 is 6.47. The number of halogens is 1. The third kappa shape index (κ3) is 4.75. The highest BCUT2D eigenvalue weighted by Gasteiger charge is 2.30. The molecule has 0 saturated carbocycles. The van der Waals surface area contributed by atoms with Crippen molar-refractivity contribution in [3.05, 3.63) is 22.5 Å². The Morgan fingerprint density at radius 2 is 2.18 bits per heavy atom.